The van der Waals surface area contributed by atoms with Crippen molar-refractivity contribution in [1.29, 1.82) is 5.26 Å². The van der Waals surface area contributed by atoms with E-state index < -0.39 is 21.0 Å². The van der Waals surface area contributed by atoms with E-state index >= 15 is 0 Å². The van der Waals surface area contributed by atoms with E-state index in [1.165, 1.54) is 24.3 Å². The van der Waals surface area contributed by atoms with Crippen LogP contribution in [0.25, 0.3) is 0 Å². The molecule has 2 aromatic rings. The number of rotatable bonds is 3. The molecule has 0 saturated heterocycles. The van der Waals surface area contributed by atoms with Crippen LogP contribution in [-0.4, -0.2) is 30.6 Å². The van der Waals surface area contributed by atoms with Gasteiger partial charge < -0.3 is 4.74 Å². The summed E-state index contributed by atoms with van der Waals surface area (Å²) in [5, 5.41) is 8.02. The first-order valence-electron chi connectivity index (χ1n) is 5.76. The highest BCUT2D eigenvalue weighted by Crippen LogP contribution is 2.18. The van der Waals surface area contributed by atoms with Crippen LogP contribution in [-0.2, 0) is 9.84 Å². The van der Waals surface area contributed by atoms with Crippen LogP contribution < -0.4 is 4.74 Å². The number of ether oxygens (including phenoxy) is 1. The highest BCUT2D eigenvalue weighted by Gasteiger charge is 2.20. The average molecular weight is 338 g/mol. The van der Waals surface area contributed by atoms with Crippen LogP contribution >= 0.6 is 11.6 Å². The minimum Gasteiger partial charge on any atom is -0.422 e. The van der Waals surface area contributed by atoms with Gasteiger partial charge in [0.15, 0.2) is 5.69 Å². The predicted octanol–water partition coefficient (Wildman–Crippen LogP) is 1.62. The zero-order chi connectivity index (χ0) is 16.3. The van der Waals surface area contributed by atoms with Crippen LogP contribution in [0.4, 0.5) is 0 Å². The SMILES string of the molecule is CS(=O)(=O)c1ncc(Cl)c(C(=O)Oc2ccc(C#N)cc2)n1. The van der Waals surface area contributed by atoms with Gasteiger partial charge in [-0.3, -0.25) is 0 Å². The number of hydrogen-bond acceptors (Lipinski definition) is 7. The Kier molecular flexibility index (Phi) is 4.40. The van der Waals surface area contributed by atoms with Crippen LogP contribution in [0.15, 0.2) is 35.6 Å². The summed E-state index contributed by atoms with van der Waals surface area (Å²) in [5.74, 6) is -0.762. The van der Waals surface area contributed by atoms with Crippen LogP contribution in [0, 0.1) is 11.3 Å². The van der Waals surface area contributed by atoms with Gasteiger partial charge in [0, 0.05) is 6.26 Å². The molecular formula is C13H8ClN3O4S. The molecule has 1 heterocycles. The van der Waals surface area contributed by atoms with Gasteiger partial charge >= 0.3 is 5.97 Å². The summed E-state index contributed by atoms with van der Waals surface area (Å²) in [5.41, 5.74) is 0.0423. The fraction of sp³-hybridized carbons (Fsp3) is 0.0769. The Labute approximate surface area is 131 Å². The number of nitriles is 1. The normalized spacial score (nSPS) is 10.8. The van der Waals surface area contributed by atoms with Crippen molar-refractivity contribution >= 4 is 27.4 Å². The molecule has 1 aromatic heterocycles. The highest BCUT2D eigenvalue weighted by molar-refractivity contribution is 7.90. The number of esters is 1. The summed E-state index contributed by atoms with van der Waals surface area (Å²) in [6.07, 6.45) is 1.92. The van der Waals surface area contributed by atoms with Crippen molar-refractivity contribution in [2.24, 2.45) is 0 Å². The van der Waals surface area contributed by atoms with E-state index in [-0.39, 0.29) is 16.5 Å². The number of nitrogens with zero attached hydrogens (tertiary/aromatic N) is 3. The van der Waals surface area contributed by atoms with Crippen molar-refractivity contribution in [2.45, 2.75) is 5.16 Å². The molecular weight excluding hydrogens is 330 g/mol. The number of hydrogen-bond donors (Lipinski definition) is 0. The Morgan fingerprint density at radius 1 is 1.32 bits per heavy atom. The van der Waals surface area contributed by atoms with Crippen molar-refractivity contribution in [3.8, 4) is 11.8 Å². The van der Waals surface area contributed by atoms with Crippen molar-refractivity contribution in [1.82, 2.24) is 9.97 Å². The lowest BCUT2D eigenvalue weighted by Crippen LogP contribution is -2.15. The summed E-state index contributed by atoms with van der Waals surface area (Å²) < 4.78 is 27.8. The number of halogens is 1. The summed E-state index contributed by atoms with van der Waals surface area (Å²) in [6.45, 7) is 0. The van der Waals surface area contributed by atoms with E-state index in [0.717, 1.165) is 12.5 Å². The van der Waals surface area contributed by atoms with Gasteiger partial charge in [0.05, 0.1) is 22.9 Å². The number of carbonyl (C=O) groups excluding carboxylic acids is 1. The minimum absolute atomic E-state index is 0.133. The maximum Gasteiger partial charge on any atom is 0.364 e. The topological polar surface area (TPSA) is 110 Å². The van der Waals surface area contributed by atoms with Gasteiger partial charge in [0.2, 0.25) is 15.0 Å². The van der Waals surface area contributed by atoms with Gasteiger partial charge in [-0.05, 0) is 24.3 Å². The quantitative estimate of drug-likeness (QED) is 0.475. The zero-order valence-corrected chi connectivity index (χ0v) is 12.7. The van der Waals surface area contributed by atoms with Gasteiger partial charge in [-0.2, -0.15) is 5.26 Å². The van der Waals surface area contributed by atoms with Crippen molar-refractivity contribution < 1.29 is 17.9 Å². The van der Waals surface area contributed by atoms with Crippen molar-refractivity contribution in [3.05, 3.63) is 46.7 Å². The molecule has 1 aromatic carbocycles. The van der Waals surface area contributed by atoms with E-state index in [2.05, 4.69) is 9.97 Å². The lowest BCUT2D eigenvalue weighted by Gasteiger charge is -2.06. The third kappa shape index (κ3) is 3.58. The molecule has 0 bridgehead atoms. The molecule has 22 heavy (non-hydrogen) atoms. The van der Waals surface area contributed by atoms with E-state index in [1.54, 1.807) is 0 Å². The molecule has 9 heteroatoms. The first-order chi connectivity index (χ1) is 10.3. The second-order valence-electron chi connectivity index (χ2n) is 4.15. The number of carbonyl (C=O) groups is 1. The second-order valence-corrected chi connectivity index (χ2v) is 6.46. The molecule has 0 saturated carbocycles. The zero-order valence-electron chi connectivity index (χ0n) is 11.1. The smallest absolute Gasteiger partial charge is 0.364 e. The molecule has 0 N–H and O–H groups in total. The summed E-state index contributed by atoms with van der Waals surface area (Å²) in [7, 11) is -3.68. The summed E-state index contributed by atoms with van der Waals surface area (Å²) in [6, 6.07) is 7.69. The Hall–Kier alpha value is -2.50. The standard InChI is InChI=1S/C13H8ClN3O4S/c1-22(19,20)13-16-7-10(14)11(17-13)12(18)21-9-4-2-8(6-15)3-5-9/h2-5,7H,1H3. The third-order valence-corrected chi connectivity index (χ3v) is 3.58. The lowest BCUT2D eigenvalue weighted by atomic mass is 10.2. The van der Waals surface area contributed by atoms with Crippen LogP contribution in [0.5, 0.6) is 5.75 Å². The molecule has 0 unspecified atom stereocenters. The molecule has 112 valence electrons. The van der Waals surface area contributed by atoms with Crippen molar-refractivity contribution in [3.63, 3.8) is 0 Å². The van der Waals surface area contributed by atoms with E-state index in [9.17, 15) is 13.2 Å². The molecule has 0 aliphatic rings. The molecule has 0 fully saturated rings. The van der Waals surface area contributed by atoms with Gasteiger partial charge in [-0.1, -0.05) is 11.6 Å². The molecule has 0 aliphatic carbocycles. The molecule has 0 amide bonds. The maximum atomic E-state index is 12.0. The van der Waals surface area contributed by atoms with Gasteiger partial charge in [-0.25, -0.2) is 23.2 Å². The average Bonchev–Trinajstić information content (AvgIpc) is 2.47. The first-order valence-corrected chi connectivity index (χ1v) is 8.03. The number of aromatic nitrogens is 2. The minimum atomic E-state index is -3.68. The predicted molar refractivity (Wildman–Crippen MR) is 76.3 cm³/mol. The first kappa shape index (κ1) is 15.9. The monoisotopic (exact) mass is 337 g/mol. The molecule has 0 aliphatic heterocycles. The lowest BCUT2D eigenvalue weighted by molar-refractivity contribution is 0.0727. The van der Waals surface area contributed by atoms with Crippen molar-refractivity contribution in [2.75, 3.05) is 6.26 Å². The Morgan fingerprint density at radius 2 is 1.95 bits per heavy atom. The third-order valence-electron chi connectivity index (χ3n) is 2.44. The summed E-state index contributed by atoms with van der Waals surface area (Å²) in [4.78, 5) is 19.2. The Balaban J connectivity index is 2.31. The van der Waals surface area contributed by atoms with E-state index in [1.807, 2.05) is 6.07 Å². The van der Waals surface area contributed by atoms with Crippen LogP contribution in [0.2, 0.25) is 5.02 Å². The molecule has 0 atom stereocenters. The number of sulfone groups is 1. The number of benzene rings is 1. The maximum absolute atomic E-state index is 12.0. The van der Waals surface area contributed by atoms with Gasteiger partial charge in [-0.15, -0.1) is 0 Å². The van der Waals surface area contributed by atoms with E-state index in [0.29, 0.717) is 5.56 Å². The largest absolute Gasteiger partial charge is 0.422 e. The molecule has 7 nitrogen and oxygen atoms in total. The second kappa shape index (κ2) is 6.09. The van der Waals surface area contributed by atoms with Gasteiger partial charge in [0.25, 0.3) is 0 Å². The molecule has 0 spiro atoms. The van der Waals surface area contributed by atoms with Gasteiger partial charge in [0.1, 0.15) is 5.75 Å². The van der Waals surface area contributed by atoms with Crippen LogP contribution in [0.1, 0.15) is 16.1 Å². The fourth-order valence-corrected chi connectivity index (χ4v) is 2.10. The fourth-order valence-electron chi connectivity index (χ4n) is 1.43. The van der Waals surface area contributed by atoms with E-state index in [4.69, 9.17) is 21.6 Å². The molecule has 0 radical (unpaired) electrons. The Morgan fingerprint density at radius 3 is 2.50 bits per heavy atom. The molecule has 2 rings (SSSR count). The highest BCUT2D eigenvalue weighted by atomic mass is 35.5. The van der Waals surface area contributed by atoms with Crippen LogP contribution in [0.3, 0.4) is 0 Å². The Bertz CT molecular complexity index is 873. The summed E-state index contributed by atoms with van der Waals surface area (Å²) >= 11 is 5.79.